The number of hydrogen-bond donors (Lipinski definition) is 0. The number of hydrogen-bond acceptors (Lipinski definition) is 1. The number of aryl methyl sites for hydroxylation is 1. The molecule has 0 fully saturated rings. The Bertz CT molecular complexity index is 458. The summed E-state index contributed by atoms with van der Waals surface area (Å²) >= 11 is 0. The molecule has 0 atom stereocenters. The second kappa shape index (κ2) is 3.41. The van der Waals surface area contributed by atoms with Gasteiger partial charge in [-0.25, -0.2) is 0 Å². The van der Waals surface area contributed by atoms with Crippen LogP contribution in [0.2, 0.25) is 0 Å². The molecule has 0 amide bonds. The first kappa shape index (κ1) is 9.20. The SMILES string of the molecule is Cc1cccc2c(C(C)C)cncc12. The number of rotatable bonds is 1. The normalized spacial score (nSPS) is 11.1. The fraction of sp³-hybridized carbons (Fsp3) is 0.308. The van der Waals surface area contributed by atoms with Crippen LogP contribution >= 0.6 is 0 Å². The van der Waals surface area contributed by atoms with Gasteiger partial charge in [0.2, 0.25) is 0 Å². The summed E-state index contributed by atoms with van der Waals surface area (Å²) in [4.78, 5) is 4.29. The Hall–Kier alpha value is -1.37. The maximum Gasteiger partial charge on any atom is 0.0349 e. The van der Waals surface area contributed by atoms with E-state index in [1.807, 2.05) is 12.4 Å². The van der Waals surface area contributed by atoms with Crippen molar-refractivity contribution in [2.45, 2.75) is 26.7 Å². The molecular formula is C13H15N. The molecule has 72 valence electrons. The third kappa shape index (κ3) is 1.39. The summed E-state index contributed by atoms with van der Waals surface area (Å²) in [6, 6.07) is 6.43. The Morgan fingerprint density at radius 3 is 2.57 bits per heavy atom. The average molecular weight is 185 g/mol. The highest BCUT2D eigenvalue weighted by atomic mass is 14.6. The van der Waals surface area contributed by atoms with Gasteiger partial charge in [-0.05, 0) is 29.4 Å². The summed E-state index contributed by atoms with van der Waals surface area (Å²) < 4.78 is 0. The Morgan fingerprint density at radius 1 is 1.07 bits per heavy atom. The zero-order valence-electron chi connectivity index (χ0n) is 8.91. The molecule has 0 N–H and O–H groups in total. The molecule has 0 aliphatic carbocycles. The van der Waals surface area contributed by atoms with E-state index in [-0.39, 0.29) is 0 Å². The van der Waals surface area contributed by atoms with Crippen LogP contribution in [0.1, 0.15) is 30.9 Å². The van der Waals surface area contributed by atoms with Crippen LogP contribution in [0.15, 0.2) is 30.6 Å². The molecule has 0 saturated heterocycles. The number of aromatic nitrogens is 1. The minimum absolute atomic E-state index is 0.535. The van der Waals surface area contributed by atoms with E-state index in [0.29, 0.717) is 5.92 Å². The third-order valence-electron chi connectivity index (χ3n) is 2.67. The molecule has 0 saturated carbocycles. The average Bonchev–Trinajstić information content (AvgIpc) is 2.17. The molecule has 0 bridgehead atoms. The quantitative estimate of drug-likeness (QED) is 0.660. The van der Waals surface area contributed by atoms with Crippen LogP contribution in [0, 0.1) is 6.92 Å². The number of pyridine rings is 1. The maximum atomic E-state index is 4.29. The van der Waals surface area contributed by atoms with Crippen molar-refractivity contribution in [1.82, 2.24) is 4.98 Å². The third-order valence-corrected chi connectivity index (χ3v) is 2.67. The van der Waals surface area contributed by atoms with Crippen molar-refractivity contribution in [2.24, 2.45) is 0 Å². The van der Waals surface area contributed by atoms with Gasteiger partial charge in [0.25, 0.3) is 0 Å². The van der Waals surface area contributed by atoms with E-state index in [1.165, 1.54) is 21.9 Å². The Morgan fingerprint density at radius 2 is 1.86 bits per heavy atom. The topological polar surface area (TPSA) is 12.9 Å². The minimum Gasteiger partial charge on any atom is -0.264 e. The molecule has 0 radical (unpaired) electrons. The molecule has 0 aliphatic heterocycles. The molecule has 2 rings (SSSR count). The highest BCUT2D eigenvalue weighted by molar-refractivity contribution is 5.87. The van der Waals surface area contributed by atoms with E-state index in [4.69, 9.17) is 0 Å². The van der Waals surface area contributed by atoms with Crippen LogP contribution < -0.4 is 0 Å². The van der Waals surface area contributed by atoms with E-state index in [1.54, 1.807) is 0 Å². The molecule has 1 nitrogen and oxygen atoms in total. The molecule has 1 aromatic carbocycles. The van der Waals surface area contributed by atoms with Gasteiger partial charge in [0.05, 0.1) is 0 Å². The molecule has 0 spiro atoms. The summed E-state index contributed by atoms with van der Waals surface area (Å²) in [7, 11) is 0. The van der Waals surface area contributed by atoms with Gasteiger partial charge in [0.1, 0.15) is 0 Å². The summed E-state index contributed by atoms with van der Waals surface area (Å²) in [5.41, 5.74) is 2.64. The van der Waals surface area contributed by atoms with E-state index in [9.17, 15) is 0 Å². The molecular weight excluding hydrogens is 170 g/mol. The first-order valence-electron chi connectivity index (χ1n) is 5.03. The zero-order valence-corrected chi connectivity index (χ0v) is 8.91. The van der Waals surface area contributed by atoms with Gasteiger partial charge >= 0.3 is 0 Å². The second-order valence-corrected chi connectivity index (χ2v) is 4.05. The van der Waals surface area contributed by atoms with Crippen LogP contribution in [0.5, 0.6) is 0 Å². The summed E-state index contributed by atoms with van der Waals surface area (Å²) in [5, 5.41) is 2.62. The lowest BCUT2D eigenvalue weighted by Crippen LogP contribution is -1.91. The fourth-order valence-electron chi connectivity index (χ4n) is 1.83. The van der Waals surface area contributed by atoms with Crippen molar-refractivity contribution in [2.75, 3.05) is 0 Å². The Balaban J connectivity index is 2.81. The van der Waals surface area contributed by atoms with E-state index < -0.39 is 0 Å². The molecule has 1 heterocycles. The second-order valence-electron chi connectivity index (χ2n) is 4.05. The van der Waals surface area contributed by atoms with Gasteiger partial charge < -0.3 is 0 Å². The number of benzene rings is 1. The Kier molecular flexibility index (Phi) is 2.24. The summed E-state index contributed by atoms with van der Waals surface area (Å²) in [5.74, 6) is 0.535. The van der Waals surface area contributed by atoms with Crippen LogP contribution in [0.25, 0.3) is 10.8 Å². The Labute approximate surface area is 84.8 Å². The predicted octanol–water partition coefficient (Wildman–Crippen LogP) is 3.67. The van der Waals surface area contributed by atoms with E-state index >= 15 is 0 Å². The molecule has 0 unspecified atom stereocenters. The lowest BCUT2D eigenvalue weighted by atomic mass is 9.97. The zero-order chi connectivity index (χ0) is 10.1. The first-order chi connectivity index (χ1) is 6.70. The van der Waals surface area contributed by atoms with Gasteiger partial charge in [0, 0.05) is 17.8 Å². The van der Waals surface area contributed by atoms with Crippen molar-refractivity contribution >= 4 is 10.8 Å². The predicted molar refractivity (Wildman–Crippen MR) is 60.6 cm³/mol. The highest BCUT2D eigenvalue weighted by Crippen LogP contribution is 2.25. The fourth-order valence-corrected chi connectivity index (χ4v) is 1.83. The molecule has 0 aliphatic rings. The van der Waals surface area contributed by atoms with Gasteiger partial charge in [-0.15, -0.1) is 0 Å². The van der Waals surface area contributed by atoms with Gasteiger partial charge in [0.15, 0.2) is 0 Å². The largest absolute Gasteiger partial charge is 0.264 e. The van der Waals surface area contributed by atoms with Crippen molar-refractivity contribution in [3.05, 3.63) is 41.7 Å². The molecule has 1 aromatic heterocycles. The van der Waals surface area contributed by atoms with Gasteiger partial charge in [-0.3, -0.25) is 4.98 Å². The van der Waals surface area contributed by atoms with Crippen LogP contribution in [0.4, 0.5) is 0 Å². The van der Waals surface area contributed by atoms with Gasteiger partial charge in [-0.2, -0.15) is 0 Å². The standard InChI is InChI=1S/C13H15N/c1-9(2)12-7-14-8-13-10(3)5-4-6-11(12)13/h4-9H,1-3H3. The van der Waals surface area contributed by atoms with Crippen molar-refractivity contribution in [3.63, 3.8) is 0 Å². The van der Waals surface area contributed by atoms with Crippen LogP contribution in [-0.2, 0) is 0 Å². The molecule has 2 aromatic rings. The number of nitrogens with zero attached hydrogens (tertiary/aromatic N) is 1. The monoisotopic (exact) mass is 185 g/mol. The maximum absolute atomic E-state index is 4.29. The minimum atomic E-state index is 0.535. The lowest BCUT2D eigenvalue weighted by molar-refractivity contribution is 0.869. The van der Waals surface area contributed by atoms with Crippen LogP contribution in [-0.4, -0.2) is 4.98 Å². The molecule has 1 heteroatoms. The number of fused-ring (bicyclic) bond motifs is 1. The van der Waals surface area contributed by atoms with E-state index in [0.717, 1.165) is 0 Å². The summed E-state index contributed by atoms with van der Waals surface area (Å²) in [6.07, 6.45) is 3.93. The smallest absolute Gasteiger partial charge is 0.0349 e. The molecule has 14 heavy (non-hydrogen) atoms. The summed E-state index contributed by atoms with van der Waals surface area (Å²) in [6.45, 7) is 6.55. The highest BCUT2D eigenvalue weighted by Gasteiger charge is 2.05. The van der Waals surface area contributed by atoms with Crippen molar-refractivity contribution in [1.29, 1.82) is 0 Å². The van der Waals surface area contributed by atoms with E-state index in [2.05, 4.69) is 44.0 Å². The van der Waals surface area contributed by atoms with Crippen molar-refractivity contribution < 1.29 is 0 Å². The first-order valence-corrected chi connectivity index (χ1v) is 5.03. The lowest BCUT2D eigenvalue weighted by Gasteiger charge is -2.10. The van der Waals surface area contributed by atoms with Crippen molar-refractivity contribution in [3.8, 4) is 0 Å². The van der Waals surface area contributed by atoms with Gasteiger partial charge in [-0.1, -0.05) is 32.0 Å². The van der Waals surface area contributed by atoms with Crippen LogP contribution in [0.3, 0.4) is 0 Å².